The first-order valence-electron chi connectivity index (χ1n) is 6.36. The number of halogens is 1. The number of carbonyl (C=O) groups excluding carboxylic acids is 1. The molecule has 1 N–H and O–H groups in total. The highest BCUT2D eigenvalue weighted by atomic mass is 19.1. The lowest BCUT2D eigenvalue weighted by Crippen LogP contribution is -2.07. The van der Waals surface area contributed by atoms with Gasteiger partial charge >= 0.3 is 5.97 Å². The van der Waals surface area contributed by atoms with Crippen molar-refractivity contribution < 1.29 is 19.0 Å². The monoisotopic (exact) mass is 274 g/mol. The number of benzene rings is 2. The largest absolute Gasteiger partial charge is 0.507 e. The summed E-state index contributed by atoms with van der Waals surface area (Å²) in [6.07, 6.45) is 1.47. The van der Waals surface area contributed by atoms with E-state index in [-0.39, 0.29) is 17.9 Å². The van der Waals surface area contributed by atoms with E-state index in [9.17, 15) is 14.3 Å². The SMILES string of the molecule is O=C(OCCCc1ccccc1)c1cc(F)ccc1O. The molecule has 0 aliphatic carbocycles. The molecule has 0 aromatic heterocycles. The van der Waals surface area contributed by atoms with Crippen LogP contribution in [0.25, 0.3) is 0 Å². The van der Waals surface area contributed by atoms with Crippen LogP contribution in [-0.2, 0) is 11.2 Å². The molecule has 104 valence electrons. The molecular weight excluding hydrogens is 259 g/mol. The molecule has 0 saturated heterocycles. The third-order valence-electron chi connectivity index (χ3n) is 2.86. The molecule has 4 heteroatoms. The molecule has 0 bridgehead atoms. The van der Waals surface area contributed by atoms with Gasteiger partial charge in [-0.2, -0.15) is 0 Å². The Morgan fingerprint density at radius 2 is 1.90 bits per heavy atom. The zero-order valence-corrected chi connectivity index (χ0v) is 10.9. The molecule has 0 aliphatic heterocycles. The Kier molecular flexibility index (Phi) is 4.71. The molecule has 0 saturated carbocycles. The second kappa shape index (κ2) is 6.70. The van der Waals surface area contributed by atoms with Gasteiger partial charge < -0.3 is 9.84 Å². The summed E-state index contributed by atoms with van der Waals surface area (Å²) >= 11 is 0. The average Bonchev–Trinajstić information content (AvgIpc) is 2.47. The summed E-state index contributed by atoms with van der Waals surface area (Å²) < 4.78 is 18.0. The van der Waals surface area contributed by atoms with E-state index in [4.69, 9.17) is 4.74 Å². The van der Waals surface area contributed by atoms with Gasteiger partial charge in [-0.05, 0) is 36.6 Å². The predicted molar refractivity (Wildman–Crippen MR) is 73.1 cm³/mol. The maximum absolute atomic E-state index is 13.0. The van der Waals surface area contributed by atoms with Gasteiger partial charge in [-0.15, -0.1) is 0 Å². The predicted octanol–water partition coefficient (Wildman–Crippen LogP) is 3.32. The van der Waals surface area contributed by atoms with E-state index in [0.717, 1.165) is 30.2 Å². The molecule has 0 aliphatic rings. The first-order chi connectivity index (χ1) is 9.66. The van der Waals surface area contributed by atoms with E-state index >= 15 is 0 Å². The molecule has 0 amide bonds. The standard InChI is InChI=1S/C16H15FO3/c17-13-8-9-15(18)14(11-13)16(19)20-10-4-7-12-5-2-1-3-6-12/h1-3,5-6,8-9,11,18H,4,7,10H2. The number of phenolic OH excluding ortho intramolecular Hbond substituents is 1. The number of carbonyl (C=O) groups is 1. The quantitative estimate of drug-likeness (QED) is 0.672. The molecule has 0 unspecified atom stereocenters. The zero-order chi connectivity index (χ0) is 14.4. The van der Waals surface area contributed by atoms with Gasteiger partial charge in [0.25, 0.3) is 0 Å². The van der Waals surface area contributed by atoms with Crippen molar-refractivity contribution in [1.82, 2.24) is 0 Å². The van der Waals surface area contributed by atoms with Gasteiger partial charge in [-0.1, -0.05) is 30.3 Å². The molecule has 2 rings (SSSR count). The first kappa shape index (κ1) is 14.1. The summed E-state index contributed by atoms with van der Waals surface area (Å²) in [6.45, 7) is 0.226. The number of esters is 1. The second-order valence-corrected chi connectivity index (χ2v) is 4.39. The summed E-state index contributed by atoms with van der Waals surface area (Å²) in [6, 6.07) is 13.0. The van der Waals surface area contributed by atoms with E-state index in [1.807, 2.05) is 30.3 Å². The summed E-state index contributed by atoms with van der Waals surface area (Å²) in [5.41, 5.74) is 1.02. The van der Waals surface area contributed by atoms with Crippen molar-refractivity contribution in [1.29, 1.82) is 0 Å². The summed E-state index contributed by atoms with van der Waals surface area (Å²) in [5.74, 6) is -1.58. The molecule has 0 spiro atoms. The summed E-state index contributed by atoms with van der Waals surface area (Å²) in [5, 5.41) is 9.47. The smallest absolute Gasteiger partial charge is 0.342 e. The van der Waals surface area contributed by atoms with Crippen molar-refractivity contribution in [2.45, 2.75) is 12.8 Å². The van der Waals surface area contributed by atoms with Crippen molar-refractivity contribution in [3.8, 4) is 5.75 Å². The number of ether oxygens (including phenoxy) is 1. The maximum Gasteiger partial charge on any atom is 0.342 e. The molecule has 0 fully saturated rings. The number of rotatable bonds is 5. The van der Waals surface area contributed by atoms with Crippen LogP contribution < -0.4 is 0 Å². The Hall–Kier alpha value is -2.36. The molecule has 0 atom stereocenters. The molecule has 3 nitrogen and oxygen atoms in total. The Morgan fingerprint density at radius 1 is 1.15 bits per heavy atom. The molecule has 0 heterocycles. The molecule has 0 radical (unpaired) electrons. The third-order valence-corrected chi connectivity index (χ3v) is 2.86. The fraction of sp³-hybridized carbons (Fsp3) is 0.188. The lowest BCUT2D eigenvalue weighted by molar-refractivity contribution is 0.0496. The van der Waals surface area contributed by atoms with Gasteiger partial charge in [0.05, 0.1) is 6.61 Å². The van der Waals surface area contributed by atoms with E-state index in [2.05, 4.69) is 0 Å². The zero-order valence-electron chi connectivity index (χ0n) is 10.9. The van der Waals surface area contributed by atoms with Crippen molar-refractivity contribution in [2.24, 2.45) is 0 Å². The van der Waals surface area contributed by atoms with Crippen LogP contribution in [0, 0.1) is 5.82 Å². The highest BCUT2D eigenvalue weighted by Crippen LogP contribution is 2.18. The van der Waals surface area contributed by atoms with E-state index in [1.54, 1.807) is 0 Å². The molecule has 2 aromatic carbocycles. The Balaban J connectivity index is 1.82. The lowest BCUT2D eigenvalue weighted by atomic mass is 10.1. The van der Waals surface area contributed by atoms with Gasteiger partial charge in [0.1, 0.15) is 17.1 Å². The molecular formula is C16H15FO3. The van der Waals surface area contributed by atoms with Crippen LogP contribution in [0.1, 0.15) is 22.3 Å². The van der Waals surface area contributed by atoms with Gasteiger partial charge in [0, 0.05) is 0 Å². The average molecular weight is 274 g/mol. The van der Waals surface area contributed by atoms with Gasteiger partial charge in [-0.3, -0.25) is 0 Å². The van der Waals surface area contributed by atoms with Crippen LogP contribution in [0.5, 0.6) is 5.75 Å². The topological polar surface area (TPSA) is 46.5 Å². The molecule has 2 aromatic rings. The minimum Gasteiger partial charge on any atom is -0.507 e. The normalized spacial score (nSPS) is 10.2. The highest BCUT2D eigenvalue weighted by Gasteiger charge is 2.13. The van der Waals surface area contributed by atoms with Crippen LogP contribution in [0.2, 0.25) is 0 Å². The van der Waals surface area contributed by atoms with E-state index in [0.29, 0.717) is 6.42 Å². The van der Waals surface area contributed by atoms with E-state index in [1.165, 1.54) is 0 Å². The maximum atomic E-state index is 13.0. The van der Waals surface area contributed by atoms with Crippen LogP contribution in [0.4, 0.5) is 4.39 Å². The lowest BCUT2D eigenvalue weighted by Gasteiger charge is -2.06. The Bertz CT molecular complexity index is 582. The number of aromatic hydroxyl groups is 1. The van der Waals surface area contributed by atoms with Crippen LogP contribution >= 0.6 is 0 Å². The fourth-order valence-electron chi connectivity index (χ4n) is 1.84. The van der Waals surface area contributed by atoms with Crippen molar-refractivity contribution >= 4 is 5.97 Å². The van der Waals surface area contributed by atoms with Crippen molar-refractivity contribution in [3.63, 3.8) is 0 Å². The van der Waals surface area contributed by atoms with Gasteiger partial charge in [0.15, 0.2) is 0 Å². The Morgan fingerprint density at radius 3 is 2.65 bits per heavy atom. The third kappa shape index (κ3) is 3.82. The number of aryl methyl sites for hydroxylation is 1. The Labute approximate surface area is 116 Å². The fourth-order valence-corrected chi connectivity index (χ4v) is 1.84. The number of hydrogen-bond acceptors (Lipinski definition) is 3. The van der Waals surface area contributed by atoms with E-state index < -0.39 is 11.8 Å². The van der Waals surface area contributed by atoms with Gasteiger partial charge in [0.2, 0.25) is 0 Å². The second-order valence-electron chi connectivity index (χ2n) is 4.39. The van der Waals surface area contributed by atoms with Crippen LogP contribution in [-0.4, -0.2) is 17.7 Å². The highest BCUT2D eigenvalue weighted by molar-refractivity contribution is 5.92. The summed E-state index contributed by atoms with van der Waals surface area (Å²) in [4.78, 5) is 11.7. The van der Waals surface area contributed by atoms with Crippen LogP contribution in [0.15, 0.2) is 48.5 Å². The van der Waals surface area contributed by atoms with Crippen molar-refractivity contribution in [2.75, 3.05) is 6.61 Å². The number of phenols is 1. The molecule has 20 heavy (non-hydrogen) atoms. The number of hydrogen-bond donors (Lipinski definition) is 1. The first-order valence-corrected chi connectivity index (χ1v) is 6.36. The van der Waals surface area contributed by atoms with Crippen LogP contribution in [0.3, 0.4) is 0 Å². The summed E-state index contributed by atoms with van der Waals surface area (Å²) in [7, 11) is 0. The van der Waals surface area contributed by atoms with Gasteiger partial charge in [-0.25, -0.2) is 9.18 Å². The van der Waals surface area contributed by atoms with Crippen molar-refractivity contribution in [3.05, 3.63) is 65.5 Å². The minimum absolute atomic E-state index is 0.148. The minimum atomic E-state index is -0.713.